The summed E-state index contributed by atoms with van der Waals surface area (Å²) < 4.78 is 12.4. The fraction of sp³-hybridized carbons (Fsp3) is 0.273. The summed E-state index contributed by atoms with van der Waals surface area (Å²) in [4.78, 5) is 17.7. The largest absolute Gasteiger partial charge is 0.497 e. The third-order valence-electron chi connectivity index (χ3n) is 5.05. The van der Waals surface area contributed by atoms with Gasteiger partial charge in [0, 0.05) is 12.7 Å². The Bertz CT molecular complexity index is 1190. The van der Waals surface area contributed by atoms with Gasteiger partial charge in [0.15, 0.2) is 0 Å². The number of pyridine rings is 1. The minimum Gasteiger partial charge on any atom is -0.497 e. The van der Waals surface area contributed by atoms with Crippen LogP contribution >= 0.6 is 0 Å². The van der Waals surface area contributed by atoms with Gasteiger partial charge in [-0.25, -0.2) is 4.98 Å². The molecule has 0 saturated heterocycles. The molecule has 0 aliphatic heterocycles. The van der Waals surface area contributed by atoms with Crippen LogP contribution in [0.4, 0.5) is 0 Å². The van der Waals surface area contributed by atoms with Gasteiger partial charge in [-0.3, -0.25) is 9.48 Å². The number of amides is 1. The molecule has 0 radical (unpaired) electrons. The van der Waals surface area contributed by atoms with Gasteiger partial charge in [0.1, 0.15) is 11.4 Å². The summed E-state index contributed by atoms with van der Waals surface area (Å²) in [7, 11) is 1.62. The van der Waals surface area contributed by atoms with Crippen molar-refractivity contribution in [2.24, 2.45) is 0 Å². The van der Waals surface area contributed by atoms with Gasteiger partial charge in [0.2, 0.25) is 0 Å². The van der Waals surface area contributed by atoms with Gasteiger partial charge in [-0.1, -0.05) is 17.3 Å². The summed E-state index contributed by atoms with van der Waals surface area (Å²) >= 11 is 0. The average Bonchev–Trinajstić information content (AvgIpc) is 3.40. The predicted molar refractivity (Wildman–Crippen MR) is 112 cm³/mol. The molecule has 0 unspecified atom stereocenters. The quantitative estimate of drug-likeness (QED) is 0.522. The van der Waals surface area contributed by atoms with Crippen molar-refractivity contribution in [2.75, 3.05) is 7.11 Å². The second kappa shape index (κ2) is 7.98. The van der Waals surface area contributed by atoms with Crippen molar-refractivity contribution in [3.8, 4) is 17.1 Å². The molecule has 30 heavy (non-hydrogen) atoms. The zero-order valence-corrected chi connectivity index (χ0v) is 17.3. The summed E-state index contributed by atoms with van der Waals surface area (Å²) in [6, 6.07) is 11.0. The lowest BCUT2D eigenvalue weighted by atomic mass is 10.1. The Morgan fingerprint density at radius 2 is 2.00 bits per heavy atom. The molecule has 4 rings (SSSR count). The van der Waals surface area contributed by atoms with E-state index in [1.54, 1.807) is 24.8 Å². The Kier molecular flexibility index (Phi) is 5.22. The molecule has 8 heteroatoms. The smallest absolute Gasteiger partial charge is 0.259 e. The van der Waals surface area contributed by atoms with Crippen molar-refractivity contribution >= 4 is 17.0 Å². The standard InChI is InChI=1S/C22H23N5O3/c1-5-27-11-10-18(25-27)19-12-17(20-14(3)26-30-22(20)24-19)21(28)23-13(2)15-6-8-16(29-4)9-7-15/h6-13H,5H2,1-4H3,(H,23,28)/t13-/m0/s1. The van der Waals surface area contributed by atoms with E-state index in [1.165, 1.54) is 0 Å². The topological polar surface area (TPSA) is 95.1 Å². The van der Waals surface area contributed by atoms with Gasteiger partial charge < -0.3 is 14.6 Å². The molecule has 3 aromatic heterocycles. The first kappa shape index (κ1) is 19.6. The fourth-order valence-electron chi connectivity index (χ4n) is 3.33. The fourth-order valence-corrected chi connectivity index (χ4v) is 3.33. The number of aryl methyl sites for hydroxylation is 2. The van der Waals surface area contributed by atoms with Gasteiger partial charge in [0.25, 0.3) is 11.6 Å². The molecule has 1 amide bonds. The van der Waals surface area contributed by atoms with Gasteiger partial charge in [-0.2, -0.15) is 5.10 Å². The Balaban J connectivity index is 1.69. The van der Waals surface area contributed by atoms with Crippen molar-refractivity contribution in [3.63, 3.8) is 0 Å². The summed E-state index contributed by atoms with van der Waals surface area (Å²) in [5, 5.41) is 12.1. The maximum atomic E-state index is 13.2. The molecule has 0 aliphatic rings. The zero-order valence-electron chi connectivity index (χ0n) is 17.3. The van der Waals surface area contributed by atoms with E-state index in [0.29, 0.717) is 33.7 Å². The van der Waals surface area contributed by atoms with Crippen LogP contribution in [0.25, 0.3) is 22.5 Å². The van der Waals surface area contributed by atoms with E-state index >= 15 is 0 Å². The van der Waals surface area contributed by atoms with Crippen molar-refractivity contribution in [1.29, 1.82) is 0 Å². The number of nitrogens with one attached hydrogen (secondary N) is 1. The van der Waals surface area contributed by atoms with Crippen LogP contribution in [0.3, 0.4) is 0 Å². The third kappa shape index (κ3) is 3.63. The average molecular weight is 405 g/mol. The Hall–Kier alpha value is -3.68. The number of aromatic nitrogens is 4. The van der Waals surface area contributed by atoms with Crippen LogP contribution < -0.4 is 10.1 Å². The molecule has 0 fully saturated rings. The molecular formula is C22H23N5O3. The molecule has 0 aliphatic carbocycles. The van der Waals surface area contributed by atoms with Crippen LogP contribution in [0.2, 0.25) is 0 Å². The first-order valence-corrected chi connectivity index (χ1v) is 9.75. The molecule has 0 bridgehead atoms. The number of nitrogens with zero attached hydrogens (tertiary/aromatic N) is 4. The molecule has 0 saturated carbocycles. The lowest BCUT2D eigenvalue weighted by Gasteiger charge is -2.15. The Morgan fingerprint density at radius 3 is 2.67 bits per heavy atom. The van der Waals surface area contributed by atoms with Crippen LogP contribution in [0.5, 0.6) is 5.75 Å². The summed E-state index contributed by atoms with van der Waals surface area (Å²) in [6.07, 6.45) is 1.87. The minimum absolute atomic E-state index is 0.200. The summed E-state index contributed by atoms with van der Waals surface area (Å²) in [5.74, 6) is 0.539. The van der Waals surface area contributed by atoms with E-state index in [2.05, 4.69) is 20.6 Å². The van der Waals surface area contributed by atoms with Gasteiger partial charge in [-0.05, 0) is 50.6 Å². The minimum atomic E-state index is -0.229. The number of benzene rings is 1. The lowest BCUT2D eigenvalue weighted by molar-refractivity contribution is 0.0941. The van der Waals surface area contributed by atoms with Crippen LogP contribution in [0.1, 0.15) is 41.5 Å². The van der Waals surface area contributed by atoms with E-state index in [4.69, 9.17) is 9.26 Å². The molecule has 0 spiro atoms. The van der Waals surface area contributed by atoms with E-state index in [0.717, 1.165) is 17.9 Å². The lowest BCUT2D eigenvalue weighted by Crippen LogP contribution is -2.27. The number of ether oxygens (including phenoxy) is 1. The van der Waals surface area contributed by atoms with Gasteiger partial charge in [-0.15, -0.1) is 0 Å². The number of hydrogen-bond donors (Lipinski definition) is 1. The zero-order chi connectivity index (χ0) is 21.3. The van der Waals surface area contributed by atoms with Crippen LogP contribution in [-0.4, -0.2) is 32.9 Å². The van der Waals surface area contributed by atoms with E-state index in [1.807, 2.05) is 50.4 Å². The summed E-state index contributed by atoms with van der Waals surface area (Å²) in [5.41, 5.74) is 3.60. The normalized spacial score (nSPS) is 12.1. The number of carbonyl (C=O) groups is 1. The Morgan fingerprint density at radius 1 is 1.23 bits per heavy atom. The number of rotatable bonds is 6. The second-order valence-corrected chi connectivity index (χ2v) is 7.03. The van der Waals surface area contributed by atoms with Gasteiger partial charge >= 0.3 is 0 Å². The predicted octanol–water partition coefficient (Wildman–Crippen LogP) is 3.91. The molecule has 8 nitrogen and oxygen atoms in total. The van der Waals surface area contributed by atoms with E-state index in [9.17, 15) is 4.79 Å². The van der Waals surface area contributed by atoms with Crippen LogP contribution in [0, 0.1) is 6.92 Å². The molecular weight excluding hydrogens is 382 g/mol. The van der Waals surface area contributed by atoms with Crippen molar-refractivity contribution in [2.45, 2.75) is 33.4 Å². The number of fused-ring (bicyclic) bond motifs is 1. The monoisotopic (exact) mass is 405 g/mol. The maximum Gasteiger partial charge on any atom is 0.259 e. The SMILES string of the molecule is CCn1ccc(-c2cc(C(=O)N[C@@H](C)c3ccc(OC)cc3)c3c(C)noc3n2)n1. The van der Waals surface area contributed by atoms with E-state index in [-0.39, 0.29) is 11.9 Å². The molecule has 4 aromatic rings. The Labute approximate surface area is 173 Å². The number of hydrogen-bond acceptors (Lipinski definition) is 6. The van der Waals surface area contributed by atoms with Crippen LogP contribution in [0.15, 0.2) is 47.1 Å². The highest BCUT2D eigenvalue weighted by atomic mass is 16.5. The van der Waals surface area contributed by atoms with E-state index < -0.39 is 0 Å². The molecule has 1 atom stereocenters. The second-order valence-electron chi connectivity index (χ2n) is 7.03. The number of methoxy groups -OCH3 is 1. The number of carbonyl (C=O) groups excluding carboxylic acids is 1. The first-order valence-electron chi connectivity index (χ1n) is 9.75. The van der Waals surface area contributed by atoms with Gasteiger partial charge in [0.05, 0.1) is 35.5 Å². The summed E-state index contributed by atoms with van der Waals surface area (Å²) in [6.45, 7) is 6.48. The highest BCUT2D eigenvalue weighted by molar-refractivity contribution is 6.07. The molecule has 154 valence electrons. The van der Waals surface area contributed by atoms with Crippen LogP contribution in [-0.2, 0) is 6.54 Å². The molecule has 1 N–H and O–H groups in total. The molecule has 3 heterocycles. The van der Waals surface area contributed by atoms with Crippen molar-refractivity contribution in [3.05, 3.63) is 59.4 Å². The third-order valence-corrected chi connectivity index (χ3v) is 5.05. The maximum absolute atomic E-state index is 13.2. The highest BCUT2D eigenvalue weighted by Gasteiger charge is 2.21. The highest BCUT2D eigenvalue weighted by Crippen LogP contribution is 2.27. The first-order chi connectivity index (χ1) is 14.5. The van der Waals surface area contributed by atoms with Crippen molar-refractivity contribution in [1.82, 2.24) is 25.2 Å². The van der Waals surface area contributed by atoms with Crippen molar-refractivity contribution < 1.29 is 14.1 Å². The molecule has 1 aromatic carbocycles.